The summed E-state index contributed by atoms with van der Waals surface area (Å²) in [6.45, 7) is 4.10. The van der Waals surface area contributed by atoms with Gasteiger partial charge < -0.3 is 10.6 Å². The number of benzene rings is 2. The lowest BCUT2D eigenvalue weighted by Gasteiger charge is -2.23. The molecule has 0 aromatic heterocycles. The Balaban J connectivity index is 2.04. The lowest BCUT2D eigenvalue weighted by Crippen LogP contribution is -2.47. The van der Waals surface area contributed by atoms with Crippen molar-refractivity contribution in [2.45, 2.75) is 32.7 Å². The number of hydrogen-bond acceptors (Lipinski definition) is 2. The molecule has 0 bridgehead atoms. The van der Waals surface area contributed by atoms with Gasteiger partial charge in [0.1, 0.15) is 6.04 Å². The van der Waals surface area contributed by atoms with Crippen molar-refractivity contribution < 1.29 is 9.59 Å². The molecular weight excluding hydrogens is 451 g/mol. The molecule has 0 radical (unpaired) electrons. The van der Waals surface area contributed by atoms with Crippen LogP contribution < -0.4 is 10.6 Å². The molecule has 0 aliphatic carbocycles. The summed E-state index contributed by atoms with van der Waals surface area (Å²) < 4.78 is 0.702. The van der Waals surface area contributed by atoms with Crippen molar-refractivity contribution in [2.75, 3.05) is 9.74 Å². The smallest absolute Gasteiger partial charge is 0.246 e. The fraction of sp³-hybridized carbons (Fsp3) is 0.364. The second-order valence-corrected chi connectivity index (χ2v) is 7.97. The van der Waals surface area contributed by atoms with E-state index in [0.717, 1.165) is 11.3 Å². The quantitative estimate of drug-likeness (QED) is 0.414. The Hall–Kier alpha value is -1.89. The number of halogens is 1. The van der Waals surface area contributed by atoms with E-state index in [0.29, 0.717) is 23.2 Å². The Morgan fingerprint density at radius 2 is 1.52 bits per heavy atom. The molecule has 0 aliphatic rings. The van der Waals surface area contributed by atoms with Gasteiger partial charge in [-0.15, -0.1) is 0 Å². The molecule has 2 N–H and O–H groups in total. The van der Waals surface area contributed by atoms with Gasteiger partial charge in [0, 0.05) is 10.1 Å². The summed E-state index contributed by atoms with van der Waals surface area (Å²) >= 11 is 2.24. The molecule has 0 saturated carbocycles. The molecule has 144 valence electrons. The Kier molecular flexibility index (Phi) is 8.78. The van der Waals surface area contributed by atoms with Crippen molar-refractivity contribution in [3.63, 3.8) is 0 Å². The standard InChI is InChI=1S/C22H27IN2O2/c1-16(2)13-20(22(27)24-19-11-7-4-8-12-19)25-21(26)18(15-23)14-17-9-5-3-6-10-17/h3-12,16,18,20H,13-15H2,1-2H3,(H,24,27)(H,25,26). The van der Waals surface area contributed by atoms with E-state index in [2.05, 4.69) is 47.1 Å². The van der Waals surface area contributed by atoms with Crippen LogP contribution in [0.4, 0.5) is 5.69 Å². The highest BCUT2D eigenvalue weighted by Gasteiger charge is 2.26. The molecule has 2 rings (SSSR count). The van der Waals surface area contributed by atoms with Gasteiger partial charge in [-0.25, -0.2) is 0 Å². The molecule has 2 aromatic carbocycles. The minimum atomic E-state index is -0.543. The Labute approximate surface area is 175 Å². The highest BCUT2D eigenvalue weighted by atomic mass is 127. The molecule has 2 amide bonds. The molecule has 0 saturated heterocycles. The second-order valence-electron chi connectivity index (χ2n) is 7.09. The van der Waals surface area contributed by atoms with Gasteiger partial charge in [-0.1, -0.05) is 85.0 Å². The van der Waals surface area contributed by atoms with Crippen LogP contribution in [0.25, 0.3) is 0 Å². The summed E-state index contributed by atoms with van der Waals surface area (Å²) in [5, 5.41) is 5.89. The topological polar surface area (TPSA) is 58.2 Å². The largest absolute Gasteiger partial charge is 0.344 e. The maximum Gasteiger partial charge on any atom is 0.246 e. The normalized spacial score (nSPS) is 13.0. The molecule has 2 unspecified atom stereocenters. The van der Waals surface area contributed by atoms with Gasteiger partial charge >= 0.3 is 0 Å². The highest BCUT2D eigenvalue weighted by Crippen LogP contribution is 2.15. The van der Waals surface area contributed by atoms with Crippen LogP contribution in [0.1, 0.15) is 25.8 Å². The van der Waals surface area contributed by atoms with Crippen molar-refractivity contribution in [3.05, 3.63) is 66.2 Å². The maximum absolute atomic E-state index is 12.8. The summed E-state index contributed by atoms with van der Waals surface area (Å²) in [5.41, 5.74) is 1.86. The summed E-state index contributed by atoms with van der Waals surface area (Å²) in [6.07, 6.45) is 1.27. The average Bonchev–Trinajstić information content (AvgIpc) is 2.66. The molecular formula is C22H27IN2O2. The molecule has 2 atom stereocenters. The first-order valence-electron chi connectivity index (χ1n) is 9.25. The maximum atomic E-state index is 12.8. The minimum Gasteiger partial charge on any atom is -0.344 e. The van der Waals surface area contributed by atoms with E-state index in [1.807, 2.05) is 60.7 Å². The highest BCUT2D eigenvalue weighted by molar-refractivity contribution is 14.1. The van der Waals surface area contributed by atoms with Crippen molar-refractivity contribution in [2.24, 2.45) is 11.8 Å². The molecule has 0 spiro atoms. The van der Waals surface area contributed by atoms with Crippen LogP contribution in [0.15, 0.2) is 60.7 Å². The summed E-state index contributed by atoms with van der Waals surface area (Å²) in [5.74, 6) is -0.103. The van der Waals surface area contributed by atoms with E-state index in [4.69, 9.17) is 0 Å². The molecule has 2 aromatic rings. The molecule has 4 nitrogen and oxygen atoms in total. The number of carbonyl (C=O) groups is 2. The van der Waals surface area contributed by atoms with Crippen LogP contribution in [0.2, 0.25) is 0 Å². The lowest BCUT2D eigenvalue weighted by atomic mass is 9.98. The first-order chi connectivity index (χ1) is 13.0. The van der Waals surface area contributed by atoms with Crippen molar-refractivity contribution in [1.82, 2.24) is 5.32 Å². The number of alkyl halides is 1. The van der Waals surface area contributed by atoms with Crippen LogP contribution >= 0.6 is 22.6 Å². The number of rotatable bonds is 9. The molecule has 0 fully saturated rings. The van der Waals surface area contributed by atoms with Crippen LogP contribution in [0.5, 0.6) is 0 Å². The zero-order chi connectivity index (χ0) is 19.6. The molecule has 5 heteroatoms. The summed E-state index contributed by atoms with van der Waals surface area (Å²) in [4.78, 5) is 25.6. The van der Waals surface area contributed by atoms with Gasteiger partial charge in [0.15, 0.2) is 0 Å². The zero-order valence-electron chi connectivity index (χ0n) is 15.8. The van der Waals surface area contributed by atoms with Crippen LogP contribution in [0.3, 0.4) is 0 Å². The number of anilines is 1. The van der Waals surface area contributed by atoms with E-state index < -0.39 is 6.04 Å². The average molecular weight is 478 g/mol. The van der Waals surface area contributed by atoms with E-state index in [-0.39, 0.29) is 17.7 Å². The fourth-order valence-electron chi connectivity index (χ4n) is 2.86. The van der Waals surface area contributed by atoms with Crippen molar-refractivity contribution in [3.8, 4) is 0 Å². The van der Waals surface area contributed by atoms with E-state index >= 15 is 0 Å². The third-order valence-corrected chi connectivity index (χ3v) is 5.33. The Bertz CT molecular complexity index is 720. The summed E-state index contributed by atoms with van der Waals surface area (Å²) in [6, 6.07) is 18.8. The van der Waals surface area contributed by atoms with Gasteiger partial charge in [-0.05, 0) is 36.5 Å². The second kappa shape index (κ2) is 11.1. The first kappa shape index (κ1) is 21.4. The molecule has 27 heavy (non-hydrogen) atoms. The predicted octanol–water partition coefficient (Wildman–Crippen LogP) is 4.45. The summed E-state index contributed by atoms with van der Waals surface area (Å²) in [7, 11) is 0. The van der Waals surface area contributed by atoms with Gasteiger partial charge in [-0.3, -0.25) is 9.59 Å². The fourth-order valence-corrected chi connectivity index (χ4v) is 3.57. The lowest BCUT2D eigenvalue weighted by molar-refractivity contribution is -0.129. The number of carbonyl (C=O) groups excluding carboxylic acids is 2. The number of hydrogen-bond donors (Lipinski definition) is 2. The van der Waals surface area contributed by atoms with E-state index in [1.165, 1.54) is 0 Å². The number of nitrogens with one attached hydrogen (secondary N) is 2. The van der Waals surface area contributed by atoms with E-state index in [1.54, 1.807) is 0 Å². The monoisotopic (exact) mass is 478 g/mol. The van der Waals surface area contributed by atoms with Crippen molar-refractivity contribution in [1.29, 1.82) is 0 Å². The van der Waals surface area contributed by atoms with Gasteiger partial charge in [0.25, 0.3) is 0 Å². The minimum absolute atomic E-state index is 0.0675. The van der Waals surface area contributed by atoms with Crippen LogP contribution in [0, 0.1) is 11.8 Å². The third-order valence-electron chi connectivity index (χ3n) is 4.26. The van der Waals surface area contributed by atoms with Crippen molar-refractivity contribution >= 4 is 40.1 Å². The van der Waals surface area contributed by atoms with Crippen LogP contribution in [-0.4, -0.2) is 22.3 Å². The molecule has 0 heterocycles. The Morgan fingerprint density at radius 1 is 0.926 bits per heavy atom. The van der Waals surface area contributed by atoms with Gasteiger partial charge in [0.2, 0.25) is 11.8 Å². The SMILES string of the molecule is CC(C)CC(NC(=O)C(CI)Cc1ccccc1)C(=O)Nc1ccccc1. The molecule has 0 aliphatic heterocycles. The third kappa shape index (κ3) is 7.33. The van der Waals surface area contributed by atoms with Gasteiger partial charge in [-0.2, -0.15) is 0 Å². The number of para-hydroxylation sites is 1. The van der Waals surface area contributed by atoms with Gasteiger partial charge in [0.05, 0.1) is 5.92 Å². The zero-order valence-corrected chi connectivity index (χ0v) is 18.0. The predicted molar refractivity (Wildman–Crippen MR) is 119 cm³/mol. The Morgan fingerprint density at radius 3 is 2.07 bits per heavy atom. The van der Waals surface area contributed by atoms with E-state index in [9.17, 15) is 9.59 Å². The first-order valence-corrected chi connectivity index (χ1v) is 10.8. The number of amides is 2. The van der Waals surface area contributed by atoms with Crippen LogP contribution in [-0.2, 0) is 16.0 Å².